The second-order valence-corrected chi connectivity index (χ2v) is 8.21. The minimum Gasteiger partial charge on any atom is -0.395 e. The summed E-state index contributed by atoms with van der Waals surface area (Å²) in [6.45, 7) is -0.364. The van der Waals surface area contributed by atoms with Crippen LogP contribution in [0, 0.1) is 29.0 Å². The Bertz CT molecular complexity index is 1050. The number of benzene rings is 2. The molecule has 138 valence electrons. The van der Waals surface area contributed by atoms with E-state index >= 15 is 0 Å². The number of halogens is 1. The molecule has 0 spiro atoms. The van der Waals surface area contributed by atoms with Gasteiger partial charge in [0.15, 0.2) is 0 Å². The summed E-state index contributed by atoms with van der Waals surface area (Å²) in [5.74, 6) is 5.06. The zero-order valence-electron chi connectivity index (χ0n) is 14.5. The van der Waals surface area contributed by atoms with E-state index in [1.54, 1.807) is 36.4 Å². The van der Waals surface area contributed by atoms with Gasteiger partial charge in [-0.05, 0) is 35.9 Å². The first-order chi connectivity index (χ1) is 12.8. The minimum absolute atomic E-state index is 0.352. The maximum absolute atomic E-state index is 13.2. The van der Waals surface area contributed by atoms with E-state index in [-0.39, 0.29) is 12.4 Å². The van der Waals surface area contributed by atoms with Crippen molar-refractivity contribution in [1.82, 2.24) is 4.31 Å². The van der Waals surface area contributed by atoms with E-state index in [0.29, 0.717) is 11.1 Å². The minimum atomic E-state index is -3.58. The van der Waals surface area contributed by atoms with Crippen LogP contribution in [0.3, 0.4) is 0 Å². The molecule has 0 aliphatic carbocycles. The summed E-state index contributed by atoms with van der Waals surface area (Å²) >= 11 is 0. The largest absolute Gasteiger partial charge is 0.395 e. The van der Waals surface area contributed by atoms with Gasteiger partial charge in [0.2, 0.25) is 10.0 Å². The lowest BCUT2D eigenvalue weighted by Gasteiger charge is -2.49. The average molecular weight is 384 g/mol. The molecule has 1 saturated heterocycles. The molecule has 7 heteroatoms. The lowest BCUT2D eigenvalue weighted by Crippen LogP contribution is -2.64. The second-order valence-electron chi connectivity index (χ2n) is 6.32. The quantitative estimate of drug-likeness (QED) is 0.819. The van der Waals surface area contributed by atoms with E-state index < -0.39 is 28.0 Å². The first kappa shape index (κ1) is 19.1. The molecule has 0 radical (unpaired) electrons. The topological polar surface area (TPSA) is 81.4 Å². The highest BCUT2D eigenvalue weighted by Gasteiger charge is 2.53. The molecule has 0 amide bonds. The summed E-state index contributed by atoms with van der Waals surface area (Å²) in [5.41, 5.74) is 2.03. The van der Waals surface area contributed by atoms with Crippen LogP contribution >= 0.6 is 0 Å². The smallest absolute Gasteiger partial charge is 0.212 e. The Morgan fingerprint density at radius 2 is 1.81 bits per heavy atom. The van der Waals surface area contributed by atoms with Gasteiger partial charge in [-0.15, -0.1) is 0 Å². The maximum Gasteiger partial charge on any atom is 0.212 e. The number of aliphatic hydroxyl groups excluding tert-OH is 1. The monoisotopic (exact) mass is 384 g/mol. The van der Waals surface area contributed by atoms with Gasteiger partial charge in [0.05, 0.1) is 25.0 Å². The van der Waals surface area contributed by atoms with Gasteiger partial charge < -0.3 is 5.11 Å². The fourth-order valence-electron chi connectivity index (χ4n) is 3.32. The third-order valence-corrected chi connectivity index (χ3v) is 5.79. The van der Waals surface area contributed by atoms with Gasteiger partial charge in [0.25, 0.3) is 0 Å². The van der Waals surface area contributed by atoms with Crippen LogP contribution < -0.4 is 0 Å². The highest BCUT2D eigenvalue weighted by Crippen LogP contribution is 2.41. The van der Waals surface area contributed by atoms with Crippen LogP contribution in [0.25, 0.3) is 0 Å². The van der Waals surface area contributed by atoms with Crippen LogP contribution in [-0.2, 0) is 10.0 Å². The molecule has 3 rings (SSSR count). The van der Waals surface area contributed by atoms with Crippen molar-refractivity contribution in [2.24, 2.45) is 0 Å². The lowest BCUT2D eigenvalue weighted by atomic mass is 9.78. The Hall–Kier alpha value is -2.71. The molecule has 2 aromatic carbocycles. The van der Waals surface area contributed by atoms with Gasteiger partial charge in [0.1, 0.15) is 11.9 Å². The Morgan fingerprint density at radius 1 is 1.15 bits per heavy atom. The molecule has 0 bridgehead atoms. The van der Waals surface area contributed by atoms with Crippen molar-refractivity contribution in [1.29, 1.82) is 5.26 Å². The molecular weight excluding hydrogens is 367 g/mol. The number of hydrogen-bond acceptors (Lipinski definition) is 4. The van der Waals surface area contributed by atoms with E-state index in [4.69, 9.17) is 0 Å². The SMILES string of the molecule is CS(=O)(=O)N1[C@H](C#N)[C@H](c2ccc(C#Cc3cccc(F)c3)cc2)[C@H]1CO. The number of nitriles is 1. The lowest BCUT2D eigenvalue weighted by molar-refractivity contribution is 0.0564. The predicted octanol–water partition coefficient (Wildman–Crippen LogP) is 1.84. The van der Waals surface area contributed by atoms with E-state index in [0.717, 1.165) is 16.1 Å². The van der Waals surface area contributed by atoms with Crippen molar-refractivity contribution < 1.29 is 17.9 Å². The fourth-order valence-corrected chi connectivity index (χ4v) is 4.60. The number of rotatable bonds is 3. The number of hydrogen-bond donors (Lipinski definition) is 1. The fraction of sp³-hybridized carbons (Fsp3) is 0.250. The van der Waals surface area contributed by atoms with Gasteiger partial charge in [-0.25, -0.2) is 12.8 Å². The molecule has 3 atom stereocenters. The number of sulfonamides is 1. The molecular formula is C20H17FN2O3S. The zero-order chi connectivity index (χ0) is 19.6. The van der Waals surface area contributed by atoms with Crippen molar-refractivity contribution in [3.63, 3.8) is 0 Å². The molecule has 1 N–H and O–H groups in total. The van der Waals surface area contributed by atoms with Gasteiger partial charge in [-0.3, -0.25) is 0 Å². The Kier molecular flexibility index (Phi) is 5.29. The average Bonchev–Trinajstić information content (AvgIpc) is 2.60. The molecule has 0 unspecified atom stereocenters. The molecule has 2 aromatic rings. The molecule has 5 nitrogen and oxygen atoms in total. The summed E-state index contributed by atoms with van der Waals surface area (Å²) < 4.78 is 37.9. The first-order valence-corrected chi connectivity index (χ1v) is 10.1. The summed E-state index contributed by atoms with van der Waals surface area (Å²) in [4.78, 5) is 0. The zero-order valence-corrected chi connectivity index (χ0v) is 15.3. The van der Waals surface area contributed by atoms with Crippen LogP contribution in [0.5, 0.6) is 0 Å². The number of nitrogens with zero attached hydrogens (tertiary/aromatic N) is 2. The van der Waals surface area contributed by atoms with E-state index in [1.165, 1.54) is 12.1 Å². The van der Waals surface area contributed by atoms with Crippen molar-refractivity contribution in [2.45, 2.75) is 18.0 Å². The Morgan fingerprint density at radius 3 is 2.37 bits per heavy atom. The normalized spacial score (nSPS) is 22.2. The highest BCUT2D eigenvalue weighted by atomic mass is 32.2. The van der Waals surface area contributed by atoms with Crippen molar-refractivity contribution >= 4 is 10.0 Å². The molecule has 27 heavy (non-hydrogen) atoms. The first-order valence-electron chi connectivity index (χ1n) is 8.21. The van der Waals surface area contributed by atoms with Gasteiger partial charge in [0, 0.05) is 17.0 Å². The molecule has 1 aliphatic heterocycles. The number of aliphatic hydroxyl groups is 1. The van der Waals surface area contributed by atoms with Crippen LogP contribution in [0.2, 0.25) is 0 Å². The van der Waals surface area contributed by atoms with Crippen molar-refractivity contribution in [3.05, 3.63) is 71.0 Å². The van der Waals surface area contributed by atoms with Crippen LogP contribution in [-0.4, -0.2) is 42.8 Å². The molecule has 1 fully saturated rings. The van der Waals surface area contributed by atoms with E-state index in [9.17, 15) is 23.2 Å². The van der Waals surface area contributed by atoms with Crippen molar-refractivity contribution in [2.75, 3.05) is 12.9 Å². The summed E-state index contributed by atoms with van der Waals surface area (Å²) in [5, 5.41) is 18.9. The van der Waals surface area contributed by atoms with Gasteiger partial charge >= 0.3 is 0 Å². The Balaban J connectivity index is 1.83. The summed E-state index contributed by atoms with van der Waals surface area (Å²) in [7, 11) is -3.58. The Labute approximate surface area is 157 Å². The third kappa shape index (κ3) is 3.86. The highest BCUT2D eigenvalue weighted by molar-refractivity contribution is 7.88. The second kappa shape index (κ2) is 7.50. The molecule has 0 aromatic heterocycles. The summed E-state index contributed by atoms with van der Waals surface area (Å²) in [6, 6.07) is 13.6. The summed E-state index contributed by atoms with van der Waals surface area (Å²) in [6.07, 6.45) is 1.03. The van der Waals surface area contributed by atoms with Gasteiger partial charge in [-0.1, -0.05) is 30.0 Å². The van der Waals surface area contributed by atoms with E-state index in [1.807, 2.05) is 6.07 Å². The van der Waals surface area contributed by atoms with Gasteiger partial charge in [-0.2, -0.15) is 9.57 Å². The van der Waals surface area contributed by atoms with Crippen LogP contribution in [0.1, 0.15) is 22.6 Å². The predicted molar refractivity (Wildman–Crippen MR) is 98.5 cm³/mol. The standard InChI is InChI=1S/C20H17FN2O3S/c1-27(25,26)23-18(12-22)20(19(23)13-24)16-9-7-14(8-10-16)5-6-15-3-2-4-17(21)11-15/h2-4,7-11,18-20,24H,13H2,1H3/t18-,19-,20+/m1/s1. The van der Waals surface area contributed by atoms with E-state index in [2.05, 4.69) is 11.8 Å². The molecule has 1 heterocycles. The molecule has 0 saturated carbocycles. The third-order valence-electron chi connectivity index (χ3n) is 4.53. The maximum atomic E-state index is 13.2. The van der Waals surface area contributed by atoms with Crippen LogP contribution in [0.15, 0.2) is 48.5 Å². The van der Waals surface area contributed by atoms with Crippen LogP contribution in [0.4, 0.5) is 4.39 Å². The van der Waals surface area contributed by atoms with Crippen molar-refractivity contribution in [3.8, 4) is 17.9 Å². The molecule has 1 aliphatic rings.